The maximum atomic E-state index is 13.6. The van der Waals surface area contributed by atoms with Crippen molar-refractivity contribution in [2.75, 3.05) is 40.1 Å². The number of nitrogens with one attached hydrogen (secondary N) is 1. The second-order valence-electron chi connectivity index (χ2n) is 19.8. The Labute approximate surface area is 322 Å². The predicted octanol–water partition coefficient (Wildman–Crippen LogP) is 7.62. The first kappa shape index (κ1) is 38.2. The number of rotatable bonds is 9. The molecular formula is C44H65N5O5. The molecule has 2 aliphatic heterocycles. The zero-order valence-corrected chi connectivity index (χ0v) is 34.1. The lowest BCUT2D eigenvalue weighted by atomic mass is 9.34. The molecule has 0 amide bonds. The summed E-state index contributed by atoms with van der Waals surface area (Å²) in [5, 5.41) is 19.8. The molecule has 10 heteroatoms. The van der Waals surface area contributed by atoms with Crippen molar-refractivity contribution >= 4 is 5.97 Å². The fraction of sp³-hybridized carbons (Fsp3) is 0.773. The molecule has 8 rings (SSSR count). The van der Waals surface area contributed by atoms with Crippen molar-refractivity contribution in [3.63, 3.8) is 0 Å². The first-order chi connectivity index (χ1) is 25.7. The molecule has 11 atom stereocenters. The molecule has 10 nitrogen and oxygen atoms in total. The van der Waals surface area contributed by atoms with E-state index >= 15 is 0 Å². The van der Waals surface area contributed by atoms with Crippen molar-refractivity contribution in [2.45, 2.75) is 118 Å². The first-order valence-electron chi connectivity index (χ1n) is 20.9. The van der Waals surface area contributed by atoms with E-state index in [0.717, 1.165) is 76.0 Å². The number of likely N-dealkylation sites (N-methyl/N-ethyl adjacent to an activating group) is 1. The number of carbonyl (C=O) groups is 1. The lowest BCUT2D eigenvalue weighted by Crippen LogP contribution is -2.69. The Balaban J connectivity index is 1.23. The summed E-state index contributed by atoms with van der Waals surface area (Å²) < 4.78 is 22.2. The average molecular weight is 744 g/mol. The fourth-order valence-electron chi connectivity index (χ4n) is 13.8. The molecular weight excluding hydrogens is 679 g/mol. The number of allylic oxidation sites excluding steroid dienone is 1. The predicted molar refractivity (Wildman–Crippen MR) is 207 cm³/mol. The van der Waals surface area contributed by atoms with Gasteiger partial charge in [0.05, 0.1) is 37.9 Å². The van der Waals surface area contributed by atoms with Gasteiger partial charge in [-0.3, -0.25) is 9.78 Å². The summed E-state index contributed by atoms with van der Waals surface area (Å²) in [6.45, 7) is 19.7. The van der Waals surface area contributed by atoms with Crippen LogP contribution in [0.2, 0.25) is 0 Å². The number of carboxylic acid groups (broad SMARTS) is 1. The average Bonchev–Trinajstić information content (AvgIpc) is 3.65. The van der Waals surface area contributed by atoms with Gasteiger partial charge in [-0.05, 0) is 110 Å². The molecule has 0 spiro atoms. The number of pyridine rings is 1. The summed E-state index contributed by atoms with van der Waals surface area (Å²) in [6.07, 6.45) is 15.3. The Bertz CT molecular complexity index is 1740. The molecule has 0 unspecified atom stereocenters. The molecule has 4 aliphatic carbocycles. The van der Waals surface area contributed by atoms with Gasteiger partial charge in [0.15, 0.2) is 5.82 Å². The summed E-state index contributed by atoms with van der Waals surface area (Å²) in [5.74, 6) is 1.19. The van der Waals surface area contributed by atoms with Crippen LogP contribution in [0, 0.1) is 56.7 Å². The molecule has 3 saturated carbocycles. The van der Waals surface area contributed by atoms with E-state index in [0.29, 0.717) is 43.5 Å². The van der Waals surface area contributed by atoms with Gasteiger partial charge >= 0.3 is 5.97 Å². The zero-order chi connectivity index (χ0) is 38.3. The van der Waals surface area contributed by atoms with Gasteiger partial charge in [-0.1, -0.05) is 60.1 Å². The van der Waals surface area contributed by atoms with Gasteiger partial charge in [0.1, 0.15) is 6.33 Å². The Kier molecular flexibility index (Phi) is 9.54. The first-order valence-corrected chi connectivity index (χ1v) is 20.9. The topological polar surface area (TPSA) is 121 Å². The molecule has 5 fully saturated rings. The molecule has 0 radical (unpaired) electrons. The van der Waals surface area contributed by atoms with Gasteiger partial charge in [-0.15, -0.1) is 0 Å². The number of fused-ring (bicyclic) bond motifs is 3. The summed E-state index contributed by atoms with van der Waals surface area (Å²) in [5.41, 5.74) is 1.10. The van der Waals surface area contributed by atoms with E-state index in [1.807, 2.05) is 24.5 Å². The smallest absolute Gasteiger partial charge is 0.307 e. The van der Waals surface area contributed by atoms with Crippen LogP contribution in [0.1, 0.15) is 106 Å². The van der Waals surface area contributed by atoms with Crippen LogP contribution in [-0.2, 0) is 19.0 Å². The van der Waals surface area contributed by atoms with Gasteiger partial charge in [0.25, 0.3) is 0 Å². The number of ether oxygens (including phenoxy) is 3. The van der Waals surface area contributed by atoms with Gasteiger partial charge < -0.3 is 24.6 Å². The Hall–Kier alpha value is -2.66. The van der Waals surface area contributed by atoms with E-state index in [1.165, 1.54) is 5.57 Å². The van der Waals surface area contributed by atoms with Crippen LogP contribution in [0.15, 0.2) is 42.5 Å². The number of carboxylic acids is 1. The molecule has 6 aliphatic rings. The van der Waals surface area contributed by atoms with E-state index in [4.69, 9.17) is 24.3 Å². The van der Waals surface area contributed by atoms with E-state index < -0.39 is 11.9 Å². The zero-order valence-electron chi connectivity index (χ0n) is 34.1. The van der Waals surface area contributed by atoms with Crippen LogP contribution in [0.3, 0.4) is 0 Å². The maximum Gasteiger partial charge on any atom is 0.307 e. The van der Waals surface area contributed by atoms with Crippen molar-refractivity contribution in [1.82, 2.24) is 25.1 Å². The van der Waals surface area contributed by atoms with Crippen molar-refractivity contribution in [1.29, 1.82) is 0 Å². The van der Waals surface area contributed by atoms with Crippen LogP contribution in [0.25, 0.3) is 11.4 Å². The summed E-state index contributed by atoms with van der Waals surface area (Å²) in [6, 6.07) is 3.95. The van der Waals surface area contributed by atoms with Crippen LogP contribution >= 0.6 is 0 Å². The van der Waals surface area contributed by atoms with E-state index in [2.05, 4.69) is 76.6 Å². The Morgan fingerprint density at radius 2 is 1.76 bits per heavy atom. The van der Waals surface area contributed by atoms with E-state index in [1.54, 1.807) is 6.33 Å². The van der Waals surface area contributed by atoms with Gasteiger partial charge in [-0.2, -0.15) is 5.10 Å². The fourth-order valence-corrected chi connectivity index (χ4v) is 13.8. The standard InChI is InChI=1S/C44H65N5O5/c1-28(2)29(3)39(4)15-16-41(6)31-9-10-34-40(5)24-53-26-44(34,32(31)11-14-42(41,7)35(39)38(50)51)23-33(36(40)54-25-43(45-8)17-21-52-22-18-43)49-37(47-27-48-49)30-12-19-46-20-13-30/h11-13,19-20,27-29,31,33-36,45H,9-10,14-18,21-26H2,1-8H3,(H,50,51)/t29-,31+,33-,34+,35-,36+,39-,40-,41-,42+,44+/m1/s1. The third kappa shape index (κ3) is 5.38. The highest BCUT2D eigenvalue weighted by molar-refractivity contribution is 5.73. The number of hydrogen-bond donors (Lipinski definition) is 2. The molecule has 0 aromatic carbocycles. The summed E-state index contributed by atoms with van der Waals surface area (Å²) in [4.78, 5) is 22.7. The van der Waals surface area contributed by atoms with Crippen molar-refractivity contribution in [3.05, 3.63) is 42.5 Å². The Morgan fingerprint density at radius 3 is 2.44 bits per heavy atom. The number of hydrogen-bond acceptors (Lipinski definition) is 8. The Morgan fingerprint density at radius 1 is 1.02 bits per heavy atom. The second-order valence-corrected chi connectivity index (χ2v) is 19.8. The normalized spacial score (nSPS) is 41.9. The minimum Gasteiger partial charge on any atom is -0.481 e. The van der Waals surface area contributed by atoms with Crippen molar-refractivity contribution in [3.8, 4) is 11.4 Å². The van der Waals surface area contributed by atoms with Crippen molar-refractivity contribution < 1.29 is 24.1 Å². The molecule has 2 saturated heterocycles. The molecule has 4 heterocycles. The number of aromatic nitrogens is 4. The number of nitrogens with zero attached hydrogens (tertiary/aromatic N) is 4. The molecule has 54 heavy (non-hydrogen) atoms. The molecule has 2 aromatic heterocycles. The summed E-state index contributed by atoms with van der Waals surface area (Å²) in [7, 11) is 2.06. The van der Waals surface area contributed by atoms with Gasteiger partial charge in [0, 0.05) is 47.5 Å². The van der Waals surface area contributed by atoms with Crippen LogP contribution in [-0.4, -0.2) is 82.5 Å². The minimum absolute atomic E-state index is 0.0800. The lowest BCUT2D eigenvalue weighted by molar-refractivity contribution is -0.253. The second kappa shape index (κ2) is 13.5. The minimum atomic E-state index is -0.618. The van der Waals surface area contributed by atoms with E-state index in [-0.39, 0.29) is 44.8 Å². The number of aliphatic carboxylic acids is 1. The third-order valence-electron chi connectivity index (χ3n) is 17.4. The largest absolute Gasteiger partial charge is 0.481 e. The monoisotopic (exact) mass is 743 g/mol. The van der Waals surface area contributed by atoms with Crippen LogP contribution in [0.4, 0.5) is 0 Å². The third-order valence-corrected chi connectivity index (χ3v) is 17.4. The molecule has 2 aromatic rings. The van der Waals surface area contributed by atoms with Crippen LogP contribution in [0.5, 0.6) is 0 Å². The van der Waals surface area contributed by atoms with Crippen LogP contribution < -0.4 is 5.32 Å². The van der Waals surface area contributed by atoms with E-state index in [9.17, 15) is 9.90 Å². The highest BCUT2D eigenvalue weighted by Crippen LogP contribution is 2.75. The summed E-state index contributed by atoms with van der Waals surface area (Å²) >= 11 is 0. The highest BCUT2D eigenvalue weighted by atomic mass is 16.5. The van der Waals surface area contributed by atoms with Gasteiger partial charge in [-0.25, -0.2) is 9.67 Å². The molecule has 2 bridgehead atoms. The SMILES string of the molecule is CNC1(CO[C@H]2[C@H](n3ncnc3-c3ccncc3)C[C@@]34COC[C@]2(C)[C@@H]3CC[C@H]2C4=CC[C@@]3(C)[C@H](C(=O)O)[C@@](C)([C@H](C)C(C)C)CC[C@]23C)CCOCC1. The lowest BCUT2D eigenvalue weighted by Gasteiger charge is -2.71. The highest BCUT2D eigenvalue weighted by Gasteiger charge is 2.72. The van der Waals surface area contributed by atoms with Gasteiger partial charge in [0.2, 0.25) is 0 Å². The quantitative estimate of drug-likeness (QED) is 0.250. The molecule has 2 N–H and O–H groups in total. The molecule has 296 valence electrons. The maximum absolute atomic E-state index is 13.6. The van der Waals surface area contributed by atoms with Crippen molar-refractivity contribution in [2.24, 2.45) is 56.7 Å².